The van der Waals surface area contributed by atoms with Crippen LogP contribution < -0.4 is 16.8 Å². The summed E-state index contributed by atoms with van der Waals surface area (Å²) in [6.45, 7) is 0.703. The fraction of sp³-hybridized carbons (Fsp3) is 0.278. The molecule has 11 heteroatoms. The third-order valence-electron chi connectivity index (χ3n) is 4.26. The van der Waals surface area contributed by atoms with Crippen molar-refractivity contribution in [2.45, 2.75) is 18.9 Å². The van der Waals surface area contributed by atoms with Gasteiger partial charge >= 0.3 is 18.0 Å². The Labute approximate surface area is 170 Å². The van der Waals surface area contributed by atoms with Crippen molar-refractivity contribution in [3.05, 3.63) is 35.5 Å². The lowest BCUT2D eigenvalue weighted by molar-refractivity contribution is 0.0124. The van der Waals surface area contributed by atoms with E-state index in [1.165, 1.54) is 4.90 Å². The molecule has 1 unspecified atom stereocenters. The molecule has 0 radical (unpaired) electrons. The van der Waals surface area contributed by atoms with E-state index in [-0.39, 0.29) is 17.2 Å². The zero-order valence-electron chi connectivity index (χ0n) is 15.3. The highest BCUT2D eigenvalue weighted by Gasteiger charge is 2.28. The minimum Gasteiger partial charge on any atom is -0.456 e. The van der Waals surface area contributed by atoms with Gasteiger partial charge in [0.25, 0.3) is 0 Å². The standard InChI is InChI=1S/C18H18N6O4S/c19-8-10-3-1-4-11(7-10)14-22-13(15(29-14)23-17(20)26)16(25)28-12-5-2-6-24(9-12)18(21)27/h1,3-4,7,12H,2,5-6,9H2,(H2,21,27)(H3,20,23,26). The zero-order chi connectivity index (χ0) is 21.0. The van der Waals surface area contributed by atoms with Crippen LogP contribution in [0.5, 0.6) is 0 Å². The molecule has 1 saturated heterocycles. The summed E-state index contributed by atoms with van der Waals surface area (Å²) in [5, 5.41) is 12.0. The Hall–Kier alpha value is -3.65. The molecule has 1 aliphatic heterocycles. The number of carbonyl (C=O) groups excluding carboxylic acids is 3. The van der Waals surface area contributed by atoms with Crippen molar-refractivity contribution in [2.24, 2.45) is 11.5 Å². The number of aromatic nitrogens is 1. The molecule has 2 aromatic rings. The summed E-state index contributed by atoms with van der Waals surface area (Å²) in [5.74, 6) is -0.746. The molecule has 0 aliphatic carbocycles. The van der Waals surface area contributed by atoms with Gasteiger partial charge in [0.2, 0.25) is 0 Å². The minimum atomic E-state index is -0.849. The lowest BCUT2D eigenvalue weighted by Crippen LogP contribution is -2.46. The number of piperidine rings is 1. The summed E-state index contributed by atoms with van der Waals surface area (Å²) >= 11 is 1.04. The number of hydrogen-bond donors (Lipinski definition) is 3. The number of esters is 1. The van der Waals surface area contributed by atoms with Crippen LogP contribution in [-0.2, 0) is 4.74 Å². The number of carbonyl (C=O) groups is 3. The van der Waals surface area contributed by atoms with Gasteiger partial charge in [-0.3, -0.25) is 5.32 Å². The molecule has 150 valence electrons. The monoisotopic (exact) mass is 414 g/mol. The Bertz CT molecular complexity index is 998. The minimum absolute atomic E-state index is 0.0950. The van der Waals surface area contributed by atoms with Crippen molar-refractivity contribution in [1.82, 2.24) is 9.88 Å². The lowest BCUT2D eigenvalue weighted by Gasteiger charge is -2.30. The molecular weight excluding hydrogens is 396 g/mol. The number of thiazole rings is 1. The summed E-state index contributed by atoms with van der Waals surface area (Å²) in [6, 6.07) is 7.29. The van der Waals surface area contributed by atoms with Gasteiger partial charge in [-0.25, -0.2) is 19.4 Å². The summed E-state index contributed by atoms with van der Waals surface area (Å²) in [7, 11) is 0. The van der Waals surface area contributed by atoms with Crippen LogP contribution >= 0.6 is 11.3 Å². The molecule has 1 aromatic carbocycles. The number of nitrogens with one attached hydrogen (secondary N) is 1. The second-order valence-corrected chi connectivity index (χ2v) is 7.33. The van der Waals surface area contributed by atoms with Crippen LogP contribution in [0.25, 0.3) is 10.6 Å². The lowest BCUT2D eigenvalue weighted by atomic mass is 10.1. The molecule has 1 fully saturated rings. The molecule has 1 aliphatic rings. The number of nitrogens with two attached hydrogens (primary N) is 2. The van der Waals surface area contributed by atoms with Crippen molar-refractivity contribution in [3.63, 3.8) is 0 Å². The number of rotatable bonds is 4. The van der Waals surface area contributed by atoms with Gasteiger partial charge in [0.15, 0.2) is 5.69 Å². The van der Waals surface area contributed by atoms with Gasteiger partial charge in [-0.2, -0.15) is 5.26 Å². The van der Waals surface area contributed by atoms with Gasteiger partial charge in [0.05, 0.1) is 18.2 Å². The van der Waals surface area contributed by atoms with Crippen LogP contribution in [0.2, 0.25) is 0 Å². The van der Waals surface area contributed by atoms with E-state index in [0.717, 1.165) is 11.3 Å². The highest BCUT2D eigenvalue weighted by molar-refractivity contribution is 7.19. The predicted octanol–water partition coefficient (Wildman–Crippen LogP) is 1.87. The number of anilines is 1. The topological polar surface area (TPSA) is 164 Å². The first-order valence-electron chi connectivity index (χ1n) is 8.70. The molecule has 0 spiro atoms. The molecule has 10 nitrogen and oxygen atoms in total. The zero-order valence-corrected chi connectivity index (χ0v) is 16.1. The van der Waals surface area contributed by atoms with Crippen LogP contribution in [0.1, 0.15) is 28.9 Å². The fourth-order valence-electron chi connectivity index (χ4n) is 2.94. The smallest absolute Gasteiger partial charge is 0.360 e. The van der Waals surface area contributed by atoms with E-state index in [9.17, 15) is 14.4 Å². The number of ether oxygens (including phenoxy) is 1. The Morgan fingerprint density at radius 2 is 2.14 bits per heavy atom. The SMILES string of the molecule is N#Cc1cccc(-c2nc(C(=O)OC3CCCN(C(N)=O)C3)c(NC(N)=O)s2)c1. The Balaban J connectivity index is 1.85. The molecular formula is C18H18N6O4S. The molecule has 29 heavy (non-hydrogen) atoms. The maximum Gasteiger partial charge on any atom is 0.360 e. The first-order valence-corrected chi connectivity index (χ1v) is 9.52. The normalized spacial score (nSPS) is 16.0. The summed E-state index contributed by atoms with van der Waals surface area (Å²) in [6.07, 6.45) is 0.698. The van der Waals surface area contributed by atoms with Gasteiger partial charge in [-0.15, -0.1) is 0 Å². The largest absolute Gasteiger partial charge is 0.456 e. The van der Waals surface area contributed by atoms with Crippen LogP contribution in [-0.4, -0.2) is 47.1 Å². The van der Waals surface area contributed by atoms with Crippen molar-refractivity contribution >= 4 is 34.4 Å². The Morgan fingerprint density at radius 1 is 1.34 bits per heavy atom. The van der Waals surface area contributed by atoms with E-state index in [2.05, 4.69) is 10.3 Å². The van der Waals surface area contributed by atoms with Gasteiger partial charge in [0.1, 0.15) is 16.1 Å². The predicted molar refractivity (Wildman–Crippen MR) is 105 cm³/mol. The Morgan fingerprint density at radius 3 is 2.83 bits per heavy atom. The number of hydrogen-bond acceptors (Lipinski definition) is 7. The first kappa shape index (κ1) is 20.1. The third kappa shape index (κ3) is 4.80. The number of primary amides is 2. The van der Waals surface area contributed by atoms with Gasteiger partial charge in [-0.1, -0.05) is 23.5 Å². The van der Waals surface area contributed by atoms with Crippen LogP contribution in [0.15, 0.2) is 24.3 Å². The van der Waals surface area contributed by atoms with Gasteiger partial charge in [0, 0.05) is 12.1 Å². The molecule has 2 heterocycles. The molecule has 1 atom stereocenters. The van der Waals surface area contributed by atoms with E-state index < -0.39 is 24.1 Å². The van der Waals surface area contributed by atoms with Crippen LogP contribution in [0.4, 0.5) is 14.6 Å². The van der Waals surface area contributed by atoms with Gasteiger partial charge < -0.3 is 21.1 Å². The maximum absolute atomic E-state index is 12.7. The van der Waals surface area contributed by atoms with E-state index in [4.69, 9.17) is 21.5 Å². The molecule has 4 amide bonds. The summed E-state index contributed by atoms with van der Waals surface area (Å²) in [4.78, 5) is 41.1. The number of likely N-dealkylation sites (tertiary alicyclic amines) is 1. The average Bonchev–Trinajstić information content (AvgIpc) is 3.11. The molecule has 5 N–H and O–H groups in total. The Kier molecular flexibility index (Phi) is 5.94. The number of nitriles is 1. The molecule has 0 saturated carbocycles. The van der Waals surface area contributed by atoms with Crippen molar-refractivity contribution in [2.75, 3.05) is 18.4 Å². The number of urea groups is 2. The highest BCUT2D eigenvalue weighted by atomic mass is 32.1. The van der Waals surface area contributed by atoms with Crippen molar-refractivity contribution in [1.29, 1.82) is 5.26 Å². The first-order chi connectivity index (χ1) is 13.9. The third-order valence-corrected chi connectivity index (χ3v) is 5.28. The van der Waals surface area contributed by atoms with Crippen LogP contribution in [0.3, 0.4) is 0 Å². The molecule has 3 rings (SSSR count). The maximum atomic E-state index is 12.7. The van der Waals surface area contributed by atoms with Crippen molar-refractivity contribution in [3.8, 4) is 16.6 Å². The quantitative estimate of drug-likeness (QED) is 0.646. The van der Waals surface area contributed by atoms with E-state index >= 15 is 0 Å². The number of nitrogens with zero attached hydrogens (tertiary/aromatic N) is 3. The van der Waals surface area contributed by atoms with Crippen LogP contribution in [0, 0.1) is 11.3 Å². The molecule has 0 bridgehead atoms. The summed E-state index contributed by atoms with van der Waals surface area (Å²) in [5.41, 5.74) is 11.4. The van der Waals surface area contributed by atoms with E-state index in [0.29, 0.717) is 35.5 Å². The van der Waals surface area contributed by atoms with E-state index in [1.807, 2.05) is 6.07 Å². The number of benzene rings is 1. The van der Waals surface area contributed by atoms with Gasteiger partial charge in [-0.05, 0) is 25.0 Å². The second-order valence-electron chi connectivity index (χ2n) is 6.33. The van der Waals surface area contributed by atoms with E-state index in [1.54, 1.807) is 24.3 Å². The summed E-state index contributed by atoms with van der Waals surface area (Å²) < 4.78 is 5.49. The highest BCUT2D eigenvalue weighted by Crippen LogP contribution is 2.33. The fourth-order valence-corrected chi connectivity index (χ4v) is 3.89. The van der Waals surface area contributed by atoms with Crippen molar-refractivity contribution < 1.29 is 19.1 Å². The second kappa shape index (κ2) is 8.57. The molecule has 1 aromatic heterocycles. The number of amides is 4. The average molecular weight is 414 g/mol.